The first-order valence-corrected chi connectivity index (χ1v) is 6.13. The van der Waals surface area contributed by atoms with Crippen LogP contribution in [-0.4, -0.2) is 24.1 Å². The van der Waals surface area contributed by atoms with Crippen LogP contribution in [-0.2, 0) is 0 Å². The van der Waals surface area contributed by atoms with Gasteiger partial charge in [0.1, 0.15) is 0 Å². The van der Waals surface area contributed by atoms with E-state index in [2.05, 4.69) is 41.8 Å². The number of aryl methyl sites for hydroxylation is 1. The van der Waals surface area contributed by atoms with E-state index >= 15 is 0 Å². The Bertz CT molecular complexity index is 323. The highest BCUT2D eigenvalue weighted by Gasteiger charge is 2.09. The first kappa shape index (κ1) is 13.1. The predicted octanol–water partition coefficient (Wildman–Crippen LogP) is 2.17. The summed E-state index contributed by atoms with van der Waals surface area (Å²) in [6.07, 6.45) is 0. The molecule has 1 aromatic rings. The van der Waals surface area contributed by atoms with Gasteiger partial charge in [-0.25, -0.2) is 0 Å². The van der Waals surface area contributed by atoms with Gasteiger partial charge in [0.25, 0.3) is 0 Å². The van der Waals surface area contributed by atoms with Crippen molar-refractivity contribution in [3.8, 4) is 0 Å². The molecule has 0 unspecified atom stereocenters. The summed E-state index contributed by atoms with van der Waals surface area (Å²) in [7, 11) is 0. The van der Waals surface area contributed by atoms with Gasteiger partial charge in [0.05, 0.1) is 11.0 Å². The van der Waals surface area contributed by atoms with Crippen LogP contribution >= 0.6 is 24.4 Å². The fourth-order valence-corrected chi connectivity index (χ4v) is 1.72. The highest BCUT2D eigenvalue weighted by Crippen LogP contribution is 2.14. The van der Waals surface area contributed by atoms with E-state index in [0.29, 0.717) is 5.92 Å². The van der Waals surface area contributed by atoms with Gasteiger partial charge in [-0.3, -0.25) is 0 Å². The van der Waals surface area contributed by atoms with Crippen LogP contribution in [0.2, 0.25) is 0 Å². The maximum absolute atomic E-state index is 4.77. The third-order valence-electron chi connectivity index (χ3n) is 2.44. The minimum Gasteiger partial charge on any atom is -0.382 e. The molecule has 2 nitrogen and oxygen atoms in total. The largest absolute Gasteiger partial charge is 0.382 e. The molecule has 1 rings (SSSR count). The van der Waals surface area contributed by atoms with E-state index in [9.17, 15) is 0 Å². The van der Waals surface area contributed by atoms with Crippen molar-refractivity contribution in [1.82, 2.24) is 10.6 Å². The van der Waals surface area contributed by atoms with Crippen LogP contribution in [0.5, 0.6) is 0 Å². The van der Waals surface area contributed by atoms with Crippen LogP contribution in [0.1, 0.15) is 17.0 Å². The van der Waals surface area contributed by atoms with Crippen molar-refractivity contribution in [2.24, 2.45) is 0 Å². The lowest BCUT2D eigenvalue weighted by Gasteiger charge is -2.17. The number of hydrogen-bond acceptors (Lipinski definition) is 2. The second-order valence-electron chi connectivity index (χ2n) is 3.66. The number of thiocarbonyl (C=S) groups is 2. The third-order valence-corrected chi connectivity index (χ3v) is 2.78. The molecule has 0 spiro atoms. The Kier molecular flexibility index (Phi) is 5.96. The molecule has 0 amide bonds. The molecule has 0 aliphatic rings. The molecule has 4 heteroatoms. The summed E-state index contributed by atoms with van der Waals surface area (Å²) in [6, 6.07) is 8.54. The van der Waals surface area contributed by atoms with Crippen molar-refractivity contribution >= 4 is 35.4 Å². The summed E-state index contributed by atoms with van der Waals surface area (Å²) < 4.78 is 0. The molecule has 0 bridgehead atoms. The van der Waals surface area contributed by atoms with E-state index in [1.54, 1.807) is 11.0 Å². The molecule has 86 valence electrons. The van der Waals surface area contributed by atoms with Gasteiger partial charge in [0, 0.05) is 19.0 Å². The second-order valence-corrected chi connectivity index (χ2v) is 4.13. The molecule has 0 saturated heterocycles. The average molecular weight is 252 g/mol. The Labute approximate surface area is 107 Å². The zero-order valence-corrected chi connectivity index (χ0v) is 10.9. The minimum atomic E-state index is 0.374. The number of nitrogens with one attached hydrogen (secondary N) is 2. The van der Waals surface area contributed by atoms with Gasteiger partial charge in [0.2, 0.25) is 0 Å². The summed E-state index contributed by atoms with van der Waals surface area (Å²) in [4.78, 5) is 0. The maximum Gasteiger partial charge on any atom is 0.0615 e. The first-order chi connectivity index (χ1) is 7.77. The quantitative estimate of drug-likeness (QED) is 0.726. The molecular weight excluding hydrogens is 236 g/mol. The SMILES string of the molecule is Cc1ccc(C(CNC=S)CNC=S)cc1. The van der Waals surface area contributed by atoms with E-state index in [4.69, 9.17) is 24.4 Å². The van der Waals surface area contributed by atoms with Crippen LogP contribution in [0.4, 0.5) is 0 Å². The smallest absolute Gasteiger partial charge is 0.0615 e. The van der Waals surface area contributed by atoms with Crippen LogP contribution in [0, 0.1) is 6.92 Å². The Morgan fingerprint density at radius 3 is 2.00 bits per heavy atom. The van der Waals surface area contributed by atoms with Gasteiger partial charge in [-0.15, -0.1) is 0 Å². The second kappa shape index (κ2) is 7.30. The zero-order chi connectivity index (χ0) is 11.8. The molecule has 0 atom stereocenters. The predicted molar refractivity (Wildman–Crippen MR) is 77.2 cm³/mol. The Morgan fingerprint density at radius 1 is 1.06 bits per heavy atom. The van der Waals surface area contributed by atoms with Crippen molar-refractivity contribution in [1.29, 1.82) is 0 Å². The topological polar surface area (TPSA) is 24.1 Å². The number of benzene rings is 1. The van der Waals surface area contributed by atoms with Crippen molar-refractivity contribution in [2.45, 2.75) is 12.8 Å². The molecule has 0 aliphatic carbocycles. The van der Waals surface area contributed by atoms with Gasteiger partial charge >= 0.3 is 0 Å². The molecule has 0 aromatic heterocycles. The molecular formula is C12H16N2S2. The molecule has 1 aromatic carbocycles. The summed E-state index contributed by atoms with van der Waals surface area (Å²) in [5.41, 5.74) is 5.67. The third kappa shape index (κ3) is 4.24. The van der Waals surface area contributed by atoms with Crippen molar-refractivity contribution < 1.29 is 0 Å². The van der Waals surface area contributed by atoms with E-state index in [1.807, 2.05) is 0 Å². The highest BCUT2D eigenvalue weighted by atomic mass is 32.1. The minimum absolute atomic E-state index is 0.374. The molecule has 0 saturated carbocycles. The Morgan fingerprint density at radius 2 is 1.56 bits per heavy atom. The maximum atomic E-state index is 4.77. The van der Waals surface area contributed by atoms with Crippen molar-refractivity contribution in [3.05, 3.63) is 35.4 Å². The Hall–Kier alpha value is -1.00. The van der Waals surface area contributed by atoms with Gasteiger partial charge < -0.3 is 10.6 Å². The first-order valence-electron chi connectivity index (χ1n) is 5.18. The summed E-state index contributed by atoms with van der Waals surface area (Å²) in [5, 5.41) is 6.14. The van der Waals surface area contributed by atoms with Crippen LogP contribution in [0.25, 0.3) is 0 Å². The van der Waals surface area contributed by atoms with Crippen LogP contribution in [0.15, 0.2) is 24.3 Å². The van der Waals surface area contributed by atoms with Gasteiger partial charge in [0.15, 0.2) is 0 Å². The fourth-order valence-electron chi connectivity index (χ4n) is 1.53. The Balaban J connectivity index is 2.69. The van der Waals surface area contributed by atoms with E-state index in [0.717, 1.165) is 13.1 Å². The number of rotatable bonds is 7. The zero-order valence-electron chi connectivity index (χ0n) is 9.27. The molecule has 0 fully saturated rings. The molecule has 16 heavy (non-hydrogen) atoms. The lowest BCUT2D eigenvalue weighted by Crippen LogP contribution is -2.28. The molecule has 0 heterocycles. The molecule has 0 radical (unpaired) electrons. The fraction of sp³-hybridized carbons (Fsp3) is 0.333. The normalized spacial score (nSPS) is 9.88. The van der Waals surface area contributed by atoms with E-state index < -0.39 is 0 Å². The van der Waals surface area contributed by atoms with Crippen LogP contribution < -0.4 is 10.6 Å². The van der Waals surface area contributed by atoms with E-state index in [-0.39, 0.29) is 0 Å². The molecule has 2 N–H and O–H groups in total. The van der Waals surface area contributed by atoms with Gasteiger partial charge in [-0.2, -0.15) is 0 Å². The summed E-state index contributed by atoms with van der Waals surface area (Å²) in [6.45, 7) is 3.73. The standard InChI is InChI=1S/C12H16N2S2/c1-10-2-4-11(5-3-10)12(6-13-8-15)7-14-9-16/h2-5,8-9,12H,6-7H2,1H3,(H,13,15)(H,14,16). The average Bonchev–Trinajstić information content (AvgIpc) is 2.31. The van der Waals surface area contributed by atoms with Gasteiger partial charge in [-0.1, -0.05) is 54.3 Å². The lowest BCUT2D eigenvalue weighted by molar-refractivity contribution is 0.648. The van der Waals surface area contributed by atoms with Crippen LogP contribution in [0.3, 0.4) is 0 Å². The lowest BCUT2D eigenvalue weighted by atomic mass is 9.98. The van der Waals surface area contributed by atoms with Gasteiger partial charge in [-0.05, 0) is 12.5 Å². The number of hydrogen-bond donors (Lipinski definition) is 2. The molecule has 0 aliphatic heterocycles. The summed E-state index contributed by atoms with van der Waals surface area (Å²) >= 11 is 9.54. The monoisotopic (exact) mass is 252 g/mol. The summed E-state index contributed by atoms with van der Waals surface area (Å²) in [5.74, 6) is 0.374. The van der Waals surface area contributed by atoms with E-state index in [1.165, 1.54) is 11.1 Å². The van der Waals surface area contributed by atoms with Crippen molar-refractivity contribution in [2.75, 3.05) is 13.1 Å². The van der Waals surface area contributed by atoms with Crippen molar-refractivity contribution in [3.63, 3.8) is 0 Å². The highest BCUT2D eigenvalue weighted by molar-refractivity contribution is 7.79.